The molecule has 6 nitrogen and oxygen atoms in total. The van der Waals surface area contributed by atoms with E-state index in [1.54, 1.807) is 25.1 Å². The molecule has 0 aliphatic carbocycles. The molecular formula is C12H13N5O. The summed E-state index contributed by atoms with van der Waals surface area (Å²) in [6.45, 7) is 3.76. The van der Waals surface area contributed by atoms with Gasteiger partial charge in [0.05, 0.1) is 6.04 Å². The van der Waals surface area contributed by atoms with E-state index in [0.717, 1.165) is 6.42 Å². The molecule has 0 aliphatic rings. The summed E-state index contributed by atoms with van der Waals surface area (Å²) in [6.07, 6.45) is 0.789. The Balaban J connectivity index is 2.18. The molecule has 0 radical (unpaired) electrons. The van der Waals surface area contributed by atoms with E-state index in [9.17, 15) is 0 Å². The van der Waals surface area contributed by atoms with Crippen molar-refractivity contribution in [1.29, 1.82) is 5.26 Å². The maximum Gasteiger partial charge on any atom is 0.223 e. The van der Waals surface area contributed by atoms with E-state index >= 15 is 0 Å². The third kappa shape index (κ3) is 2.63. The van der Waals surface area contributed by atoms with E-state index in [-0.39, 0.29) is 6.04 Å². The van der Waals surface area contributed by atoms with Gasteiger partial charge in [-0.1, -0.05) is 18.1 Å². The van der Waals surface area contributed by atoms with E-state index < -0.39 is 0 Å². The normalized spacial score (nSPS) is 11.8. The highest BCUT2D eigenvalue weighted by atomic mass is 16.5. The first-order chi connectivity index (χ1) is 8.72. The van der Waals surface area contributed by atoms with Gasteiger partial charge < -0.3 is 9.84 Å². The van der Waals surface area contributed by atoms with Crippen LogP contribution < -0.4 is 5.32 Å². The molecule has 0 saturated carbocycles. The number of aromatic nitrogens is 3. The highest BCUT2D eigenvalue weighted by Crippen LogP contribution is 2.18. The third-order valence-electron chi connectivity index (χ3n) is 2.45. The molecule has 6 heteroatoms. The van der Waals surface area contributed by atoms with Gasteiger partial charge in [0.25, 0.3) is 0 Å². The number of nitrogens with one attached hydrogen (secondary N) is 1. The molecular weight excluding hydrogens is 230 g/mol. The average Bonchev–Trinajstić information content (AvgIpc) is 2.82. The number of hydrogen-bond acceptors (Lipinski definition) is 6. The summed E-state index contributed by atoms with van der Waals surface area (Å²) in [5.74, 6) is 1.76. The minimum Gasteiger partial charge on any atom is -0.360 e. The molecule has 0 spiro atoms. The van der Waals surface area contributed by atoms with Crippen LogP contribution in [0.4, 0.5) is 5.82 Å². The number of pyridine rings is 1. The van der Waals surface area contributed by atoms with Gasteiger partial charge in [-0.05, 0) is 18.6 Å². The largest absolute Gasteiger partial charge is 0.360 e. The molecule has 0 amide bonds. The summed E-state index contributed by atoms with van der Waals surface area (Å²) >= 11 is 0. The summed E-state index contributed by atoms with van der Waals surface area (Å²) in [6, 6.07) is 7.16. The van der Waals surface area contributed by atoms with Gasteiger partial charge in [0.2, 0.25) is 5.89 Å². The zero-order chi connectivity index (χ0) is 13.0. The van der Waals surface area contributed by atoms with Crippen LogP contribution in [-0.2, 0) is 0 Å². The first kappa shape index (κ1) is 12.0. The SMILES string of the molecule is CCC(Nc1cccc(C#N)n1)c1noc(C)n1. The van der Waals surface area contributed by atoms with E-state index in [1.165, 1.54) is 0 Å². The van der Waals surface area contributed by atoms with Gasteiger partial charge in [0.15, 0.2) is 5.82 Å². The van der Waals surface area contributed by atoms with Gasteiger partial charge in [0, 0.05) is 6.92 Å². The molecule has 2 rings (SSSR count). The van der Waals surface area contributed by atoms with Crippen LogP contribution in [0.5, 0.6) is 0 Å². The first-order valence-corrected chi connectivity index (χ1v) is 5.67. The smallest absolute Gasteiger partial charge is 0.223 e. The standard InChI is InChI=1S/C12H13N5O/c1-3-10(12-14-8(2)18-17-12)16-11-6-4-5-9(7-13)15-11/h4-6,10H,3H2,1-2H3,(H,15,16). The summed E-state index contributed by atoms with van der Waals surface area (Å²) in [4.78, 5) is 8.34. The molecule has 0 fully saturated rings. The Morgan fingerprint density at radius 1 is 1.44 bits per heavy atom. The molecule has 2 aromatic rings. The fraction of sp³-hybridized carbons (Fsp3) is 0.333. The average molecular weight is 243 g/mol. The lowest BCUT2D eigenvalue weighted by atomic mass is 10.2. The fourth-order valence-electron chi connectivity index (χ4n) is 1.56. The molecule has 18 heavy (non-hydrogen) atoms. The maximum atomic E-state index is 8.79. The van der Waals surface area contributed by atoms with Crippen LogP contribution >= 0.6 is 0 Å². The van der Waals surface area contributed by atoms with Crippen LogP contribution in [0.3, 0.4) is 0 Å². The lowest BCUT2D eigenvalue weighted by molar-refractivity contribution is 0.384. The number of nitriles is 1. The molecule has 1 N–H and O–H groups in total. The third-order valence-corrected chi connectivity index (χ3v) is 2.45. The van der Waals surface area contributed by atoms with Crippen LogP contribution in [0.25, 0.3) is 0 Å². The second-order valence-corrected chi connectivity index (χ2v) is 3.80. The van der Waals surface area contributed by atoms with Crippen molar-refractivity contribution in [1.82, 2.24) is 15.1 Å². The highest BCUT2D eigenvalue weighted by molar-refractivity contribution is 5.39. The minimum atomic E-state index is -0.0797. The summed E-state index contributed by atoms with van der Waals surface area (Å²) < 4.78 is 4.96. The topological polar surface area (TPSA) is 87.6 Å². The lowest BCUT2D eigenvalue weighted by Crippen LogP contribution is -2.12. The Kier molecular flexibility index (Phi) is 3.53. The predicted molar refractivity (Wildman–Crippen MR) is 64.6 cm³/mol. The van der Waals surface area contributed by atoms with Gasteiger partial charge >= 0.3 is 0 Å². The Morgan fingerprint density at radius 2 is 2.28 bits per heavy atom. The second kappa shape index (κ2) is 5.27. The zero-order valence-corrected chi connectivity index (χ0v) is 10.2. The molecule has 1 atom stereocenters. The number of nitrogens with zero attached hydrogens (tertiary/aromatic N) is 4. The van der Waals surface area contributed by atoms with Crippen LogP contribution in [0, 0.1) is 18.3 Å². The predicted octanol–water partition coefficient (Wildman–Crippen LogP) is 2.21. The van der Waals surface area contributed by atoms with Crippen molar-refractivity contribution in [3.05, 3.63) is 35.6 Å². The Hall–Kier alpha value is -2.42. The second-order valence-electron chi connectivity index (χ2n) is 3.80. The number of aryl methyl sites for hydroxylation is 1. The lowest BCUT2D eigenvalue weighted by Gasteiger charge is -2.13. The van der Waals surface area contributed by atoms with Gasteiger partial charge in [-0.2, -0.15) is 10.2 Å². The summed E-state index contributed by atoms with van der Waals surface area (Å²) in [7, 11) is 0. The van der Waals surface area contributed by atoms with Crippen LogP contribution in [0.15, 0.2) is 22.7 Å². The molecule has 1 unspecified atom stereocenters. The maximum absolute atomic E-state index is 8.79. The van der Waals surface area contributed by atoms with Crippen molar-refractivity contribution >= 4 is 5.82 Å². The summed E-state index contributed by atoms with van der Waals surface area (Å²) in [5, 5.41) is 15.9. The van der Waals surface area contributed by atoms with Crippen molar-refractivity contribution < 1.29 is 4.52 Å². The van der Waals surface area contributed by atoms with Gasteiger partial charge in [-0.25, -0.2) is 4.98 Å². The van der Waals surface area contributed by atoms with Crippen molar-refractivity contribution in [2.45, 2.75) is 26.3 Å². The van der Waals surface area contributed by atoms with Gasteiger partial charge in [-0.3, -0.25) is 0 Å². The number of hydrogen-bond donors (Lipinski definition) is 1. The monoisotopic (exact) mass is 243 g/mol. The van der Waals surface area contributed by atoms with E-state index in [4.69, 9.17) is 9.78 Å². The quantitative estimate of drug-likeness (QED) is 0.885. The fourth-order valence-corrected chi connectivity index (χ4v) is 1.56. The number of anilines is 1. The molecule has 2 heterocycles. The van der Waals surface area contributed by atoms with E-state index in [0.29, 0.717) is 23.2 Å². The summed E-state index contributed by atoms with van der Waals surface area (Å²) in [5.41, 5.74) is 0.374. The molecule has 0 aliphatic heterocycles. The van der Waals surface area contributed by atoms with E-state index in [2.05, 4.69) is 20.4 Å². The van der Waals surface area contributed by atoms with Crippen molar-refractivity contribution in [3.63, 3.8) is 0 Å². The van der Waals surface area contributed by atoms with Crippen LogP contribution in [0.1, 0.15) is 36.8 Å². The van der Waals surface area contributed by atoms with Crippen molar-refractivity contribution in [3.8, 4) is 6.07 Å². The molecule has 2 aromatic heterocycles. The highest BCUT2D eigenvalue weighted by Gasteiger charge is 2.15. The molecule has 0 aromatic carbocycles. The molecule has 0 saturated heterocycles. The Labute approximate surface area is 105 Å². The molecule has 92 valence electrons. The first-order valence-electron chi connectivity index (χ1n) is 5.67. The van der Waals surface area contributed by atoms with Gasteiger partial charge in [0.1, 0.15) is 17.6 Å². The van der Waals surface area contributed by atoms with Crippen molar-refractivity contribution in [2.24, 2.45) is 0 Å². The van der Waals surface area contributed by atoms with Gasteiger partial charge in [-0.15, -0.1) is 0 Å². The van der Waals surface area contributed by atoms with Crippen molar-refractivity contribution in [2.75, 3.05) is 5.32 Å². The Morgan fingerprint density at radius 3 is 2.89 bits per heavy atom. The van der Waals surface area contributed by atoms with E-state index in [1.807, 2.05) is 13.0 Å². The molecule has 0 bridgehead atoms. The zero-order valence-electron chi connectivity index (χ0n) is 10.2. The Bertz CT molecular complexity index is 572. The van der Waals surface area contributed by atoms with Crippen LogP contribution in [0.2, 0.25) is 0 Å². The van der Waals surface area contributed by atoms with Crippen LogP contribution in [-0.4, -0.2) is 15.1 Å². The number of rotatable bonds is 4. The minimum absolute atomic E-state index is 0.0797.